The molecule has 2 rings (SSSR count). The van der Waals surface area contributed by atoms with Gasteiger partial charge in [0.15, 0.2) is 0 Å². The summed E-state index contributed by atoms with van der Waals surface area (Å²) in [5, 5.41) is 8.36. The predicted molar refractivity (Wildman–Crippen MR) is 115 cm³/mol. The first kappa shape index (κ1) is 22.1. The third-order valence-corrected chi connectivity index (χ3v) is 4.28. The van der Waals surface area contributed by atoms with Crippen LogP contribution in [-0.4, -0.2) is 48.8 Å². The summed E-state index contributed by atoms with van der Waals surface area (Å²) < 4.78 is 0. The summed E-state index contributed by atoms with van der Waals surface area (Å²) in [5.41, 5.74) is 2.53. The number of aryl methyl sites for hydroxylation is 1. The lowest BCUT2D eigenvalue weighted by atomic mass is 10.1. The average Bonchev–Trinajstić information content (AvgIpc) is 2.68. The zero-order chi connectivity index (χ0) is 21.2. The molecule has 0 aliphatic carbocycles. The second-order valence-corrected chi connectivity index (χ2v) is 6.67. The lowest BCUT2D eigenvalue weighted by molar-refractivity contribution is -0.123. The largest absolute Gasteiger partial charge is 0.355 e. The van der Waals surface area contributed by atoms with Gasteiger partial charge in [-0.1, -0.05) is 31.2 Å². The van der Waals surface area contributed by atoms with Crippen LogP contribution in [0.25, 0.3) is 0 Å². The van der Waals surface area contributed by atoms with Crippen LogP contribution in [0, 0.1) is 6.92 Å². The molecular formula is C22H28N4O3. The van der Waals surface area contributed by atoms with Gasteiger partial charge in [0, 0.05) is 12.2 Å². The number of rotatable bonds is 9. The molecule has 0 heterocycles. The summed E-state index contributed by atoms with van der Waals surface area (Å²) >= 11 is 0. The molecule has 3 N–H and O–H groups in total. The van der Waals surface area contributed by atoms with Gasteiger partial charge in [-0.2, -0.15) is 0 Å². The predicted octanol–water partition coefficient (Wildman–Crippen LogP) is 2.64. The van der Waals surface area contributed by atoms with Gasteiger partial charge in [-0.25, -0.2) is 0 Å². The summed E-state index contributed by atoms with van der Waals surface area (Å²) in [5.74, 6) is -0.715. The molecule has 3 amide bonds. The summed E-state index contributed by atoms with van der Waals surface area (Å²) in [6, 6.07) is 14.3. The van der Waals surface area contributed by atoms with Crippen LogP contribution in [0.5, 0.6) is 0 Å². The maximum absolute atomic E-state index is 12.7. The molecule has 7 heteroatoms. The smallest absolute Gasteiger partial charge is 0.257 e. The minimum absolute atomic E-state index is 0.0570. The monoisotopic (exact) mass is 396 g/mol. The fourth-order valence-electron chi connectivity index (χ4n) is 2.84. The Morgan fingerprint density at radius 1 is 0.897 bits per heavy atom. The normalized spacial score (nSPS) is 10.5. The minimum Gasteiger partial charge on any atom is -0.355 e. The number of carbonyl (C=O) groups is 3. The lowest BCUT2D eigenvalue weighted by Crippen LogP contribution is -2.41. The van der Waals surface area contributed by atoms with Gasteiger partial charge in [0.05, 0.1) is 24.3 Å². The first-order valence-corrected chi connectivity index (χ1v) is 9.68. The Labute approximate surface area is 171 Å². The van der Waals surface area contributed by atoms with E-state index in [1.54, 1.807) is 29.2 Å². The van der Waals surface area contributed by atoms with E-state index in [1.165, 1.54) is 0 Å². The summed E-state index contributed by atoms with van der Waals surface area (Å²) in [4.78, 5) is 38.7. The molecule has 0 fully saturated rings. The molecule has 0 bridgehead atoms. The van der Waals surface area contributed by atoms with Gasteiger partial charge in [-0.15, -0.1) is 0 Å². The van der Waals surface area contributed by atoms with Crippen molar-refractivity contribution < 1.29 is 14.4 Å². The van der Waals surface area contributed by atoms with E-state index in [4.69, 9.17) is 0 Å². The fourth-order valence-corrected chi connectivity index (χ4v) is 2.84. The van der Waals surface area contributed by atoms with Gasteiger partial charge < -0.3 is 16.0 Å². The molecule has 0 aromatic heterocycles. The Bertz CT molecular complexity index is 867. The highest BCUT2D eigenvalue weighted by atomic mass is 16.2. The van der Waals surface area contributed by atoms with Gasteiger partial charge in [0.2, 0.25) is 11.8 Å². The SMILES string of the molecule is CCNC(=O)CN(CC)CC(=O)Nc1ccccc1C(=O)Nc1cccc(C)c1. The van der Waals surface area contributed by atoms with Gasteiger partial charge >= 0.3 is 0 Å². The number of hydrogen-bond acceptors (Lipinski definition) is 4. The quantitative estimate of drug-likeness (QED) is 0.608. The number of nitrogens with zero attached hydrogens (tertiary/aromatic N) is 1. The Kier molecular flexibility index (Phi) is 8.36. The van der Waals surface area contributed by atoms with E-state index in [9.17, 15) is 14.4 Å². The highest BCUT2D eigenvalue weighted by Gasteiger charge is 2.16. The molecule has 0 unspecified atom stereocenters. The molecule has 0 radical (unpaired) electrons. The molecule has 154 valence electrons. The van der Waals surface area contributed by atoms with Crippen molar-refractivity contribution in [2.75, 3.05) is 36.8 Å². The van der Waals surface area contributed by atoms with E-state index in [1.807, 2.05) is 45.0 Å². The van der Waals surface area contributed by atoms with Crippen molar-refractivity contribution in [3.63, 3.8) is 0 Å². The molecule has 0 aliphatic heterocycles. The van der Waals surface area contributed by atoms with Crippen LogP contribution in [0.2, 0.25) is 0 Å². The number of likely N-dealkylation sites (N-methyl/N-ethyl adjacent to an activating group) is 2. The van der Waals surface area contributed by atoms with Crippen LogP contribution in [0.3, 0.4) is 0 Å². The van der Waals surface area contributed by atoms with E-state index in [0.717, 1.165) is 5.56 Å². The van der Waals surface area contributed by atoms with Crippen molar-refractivity contribution in [2.45, 2.75) is 20.8 Å². The van der Waals surface area contributed by atoms with E-state index in [0.29, 0.717) is 30.0 Å². The molecule has 29 heavy (non-hydrogen) atoms. The molecule has 0 atom stereocenters. The molecule has 7 nitrogen and oxygen atoms in total. The van der Waals surface area contributed by atoms with Crippen LogP contribution >= 0.6 is 0 Å². The van der Waals surface area contributed by atoms with Crippen LogP contribution in [-0.2, 0) is 9.59 Å². The molecule has 0 saturated heterocycles. The van der Waals surface area contributed by atoms with E-state index in [2.05, 4.69) is 16.0 Å². The summed E-state index contributed by atoms with van der Waals surface area (Å²) in [7, 11) is 0. The molecule has 2 aromatic carbocycles. The number of benzene rings is 2. The van der Waals surface area contributed by atoms with Crippen molar-refractivity contribution in [1.29, 1.82) is 0 Å². The highest BCUT2D eigenvalue weighted by Crippen LogP contribution is 2.18. The molecule has 0 saturated carbocycles. The number of hydrogen-bond donors (Lipinski definition) is 3. The molecule has 0 spiro atoms. The van der Waals surface area contributed by atoms with Crippen molar-refractivity contribution in [3.05, 3.63) is 59.7 Å². The van der Waals surface area contributed by atoms with Crippen LogP contribution in [0.1, 0.15) is 29.8 Å². The Morgan fingerprint density at radius 3 is 2.31 bits per heavy atom. The van der Waals surface area contributed by atoms with E-state index < -0.39 is 0 Å². The van der Waals surface area contributed by atoms with Gasteiger partial charge in [-0.3, -0.25) is 19.3 Å². The zero-order valence-electron chi connectivity index (χ0n) is 17.1. The minimum atomic E-state index is -0.304. The number of para-hydroxylation sites is 1. The van der Waals surface area contributed by atoms with Crippen molar-refractivity contribution in [3.8, 4) is 0 Å². The molecular weight excluding hydrogens is 368 g/mol. The third-order valence-electron chi connectivity index (χ3n) is 4.28. The highest BCUT2D eigenvalue weighted by molar-refractivity contribution is 6.10. The van der Waals surface area contributed by atoms with Crippen LogP contribution in [0.4, 0.5) is 11.4 Å². The van der Waals surface area contributed by atoms with Crippen molar-refractivity contribution in [1.82, 2.24) is 10.2 Å². The van der Waals surface area contributed by atoms with E-state index >= 15 is 0 Å². The van der Waals surface area contributed by atoms with Crippen molar-refractivity contribution in [2.24, 2.45) is 0 Å². The number of anilines is 2. The number of carbonyl (C=O) groups excluding carboxylic acids is 3. The first-order valence-electron chi connectivity index (χ1n) is 9.68. The third kappa shape index (κ3) is 7.04. The molecule has 0 aliphatic rings. The van der Waals surface area contributed by atoms with Crippen LogP contribution < -0.4 is 16.0 Å². The Morgan fingerprint density at radius 2 is 1.62 bits per heavy atom. The lowest BCUT2D eigenvalue weighted by Gasteiger charge is -2.19. The number of amides is 3. The standard InChI is InChI=1S/C22H28N4O3/c1-4-23-20(27)14-26(5-2)15-21(28)25-19-12-7-6-11-18(19)22(29)24-17-10-8-9-16(3)13-17/h6-13H,4-5,14-15H2,1-3H3,(H,23,27)(H,24,29)(H,25,28). The summed E-state index contributed by atoms with van der Waals surface area (Å²) in [6.07, 6.45) is 0. The maximum Gasteiger partial charge on any atom is 0.257 e. The number of nitrogens with one attached hydrogen (secondary N) is 3. The second kappa shape index (κ2) is 11.0. The van der Waals surface area contributed by atoms with Gasteiger partial charge in [0.25, 0.3) is 5.91 Å². The zero-order valence-corrected chi connectivity index (χ0v) is 17.1. The first-order chi connectivity index (χ1) is 13.9. The van der Waals surface area contributed by atoms with Gasteiger partial charge in [0.1, 0.15) is 0 Å². The van der Waals surface area contributed by atoms with Crippen LogP contribution in [0.15, 0.2) is 48.5 Å². The van der Waals surface area contributed by atoms with Gasteiger partial charge in [-0.05, 0) is 50.2 Å². The van der Waals surface area contributed by atoms with E-state index in [-0.39, 0.29) is 30.8 Å². The fraction of sp³-hybridized carbons (Fsp3) is 0.318. The van der Waals surface area contributed by atoms with Crippen molar-refractivity contribution >= 4 is 29.1 Å². The summed E-state index contributed by atoms with van der Waals surface area (Å²) in [6.45, 7) is 6.99. The molecule has 2 aromatic rings. The maximum atomic E-state index is 12.7. The average molecular weight is 396 g/mol. The Balaban J connectivity index is 2.04. The second-order valence-electron chi connectivity index (χ2n) is 6.67. The Hall–Kier alpha value is -3.19. The topological polar surface area (TPSA) is 90.5 Å².